The standard InChI is InChI=1S/C17H27N5O3/c1-11(2)8-18-15(23)5-6-21-9-13(19-20-21)10-22-16(24)7-14(12(3)4)17(22)25/h9,11-12,14H,5-8,10H2,1-4H3,(H,18,23). The second-order valence-corrected chi connectivity index (χ2v) is 7.29. The molecule has 2 heterocycles. The molecule has 1 fully saturated rings. The third-order valence-electron chi connectivity index (χ3n) is 4.27. The number of imide groups is 1. The fourth-order valence-corrected chi connectivity index (χ4v) is 2.70. The molecule has 1 aliphatic heterocycles. The van der Waals surface area contributed by atoms with Crippen LogP contribution in [0.4, 0.5) is 0 Å². The van der Waals surface area contributed by atoms with Crippen molar-refractivity contribution in [1.29, 1.82) is 0 Å². The van der Waals surface area contributed by atoms with Crippen LogP contribution in [0, 0.1) is 17.8 Å². The number of nitrogens with one attached hydrogen (secondary N) is 1. The van der Waals surface area contributed by atoms with Crippen molar-refractivity contribution in [1.82, 2.24) is 25.2 Å². The molecule has 1 aliphatic rings. The number of amides is 3. The van der Waals surface area contributed by atoms with Crippen molar-refractivity contribution < 1.29 is 14.4 Å². The molecule has 1 N–H and O–H groups in total. The molecule has 25 heavy (non-hydrogen) atoms. The number of likely N-dealkylation sites (tertiary alicyclic amines) is 1. The molecule has 1 aromatic rings. The van der Waals surface area contributed by atoms with E-state index < -0.39 is 0 Å². The molecule has 1 unspecified atom stereocenters. The highest BCUT2D eigenvalue weighted by atomic mass is 16.2. The summed E-state index contributed by atoms with van der Waals surface area (Å²) in [6.07, 6.45) is 2.26. The van der Waals surface area contributed by atoms with Gasteiger partial charge in [-0.05, 0) is 11.8 Å². The minimum atomic E-state index is -0.243. The van der Waals surface area contributed by atoms with Gasteiger partial charge in [0.05, 0.1) is 19.3 Å². The first-order valence-corrected chi connectivity index (χ1v) is 8.77. The number of rotatable bonds is 8. The van der Waals surface area contributed by atoms with E-state index in [0.717, 1.165) is 0 Å². The van der Waals surface area contributed by atoms with Crippen LogP contribution in [0.25, 0.3) is 0 Å². The van der Waals surface area contributed by atoms with Crippen LogP contribution in [0.1, 0.15) is 46.2 Å². The van der Waals surface area contributed by atoms with Crippen LogP contribution in [-0.2, 0) is 27.5 Å². The molecular weight excluding hydrogens is 322 g/mol. The van der Waals surface area contributed by atoms with Crippen LogP contribution >= 0.6 is 0 Å². The van der Waals surface area contributed by atoms with Crippen molar-refractivity contribution in [2.45, 2.75) is 53.6 Å². The van der Waals surface area contributed by atoms with Gasteiger partial charge in [0.1, 0.15) is 5.69 Å². The first kappa shape index (κ1) is 19.1. The van der Waals surface area contributed by atoms with E-state index >= 15 is 0 Å². The first-order chi connectivity index (χ1) is 11.8. The monoisotopic (exact) mass is 349 g/mol. The Balaban J connectivity index is 1.86. The number of aromatic nitrogens is 3. The second kappa shape index (κ2) is 8.22. The average molecular weight is 349 g/mol. The summed E-state index contributed by atoms with van der Waals surface area (Å²) in [6, 6.07) is 0. The molecule has 1 aromatic heterocycles. The van der Waals surface area contributed by atoms with Gasteiger partial charge in [-0.2, -0.15) is 0 Å². The summed E-state index contributed by atoms with van der Waals surface area (Å²) < 4.78 is 1.56. The molecule has 2 rings (SSSR count). The lowest BCUT2D eigenvalue weighted by Gasteiger charge is -2.14. The van der Waals surface area contributed by atoms with Gasteiger partial charge in [0, 0.05) is 25.3 Å². The van der Waals surface area contributed by atoms with Gasteiger partial charge in [0.25, 0.3) is 0 Å². The second-order valence-electron chi connectivity index (χ2n) is 7.29. The van der Waals surface area contributed by atoms with Gasteiger partial charge in [-0.15, -0.1) is 5.10 Å². The van der Waals surface area contributed by atoms with Crippen molar-refractivity contribution in [3.05, 3.63) is 11.9 Å². The predicted molar refractivity (Wildman–Crippen MR) is 91.0 cm³/mol. The van der Waals surface area contributed by atoms with Gasteiger partial charge in [0.15, 0.2) is 0 Å². The normalized spacial score (nSPS) is 17.8. The van der Waals surface area contributed by atoms with E-state index in [1.165, 1.54) is 4.90 Å². The van der Waals surface area contributed by atoms with E-state index in [1.54, 1.807) is 10.9 Å². The van der Waals surface area contributed by atoms with Crippen molar-refractivity contribution in [3.8, 4) is 0 Å². The summed E-state index contributed by atoms with van der Waals surface area (Å²) >= 11 is 0. The molecule has 0 radical (unpaired) electrons. The topological polar surface area (TPSA) is 97.2 Å². The zero-order valence-electron chi connectivity index (χ0n) is 15.4. The number of nitrogens with zero attached hydrogens (tertiary/aromatic N) is 4. The fraction of sp³-hybridized carbons (Fsp3) is 0.706. The zero-order valence-corrected chi connectivity index (χ0v) is 15.4. The number of hydrogen-bond donors (Lipinski definition) is 1. The number of hydrogen-bond acceptors (Lipinski definition) is 5. The van der Waals surface area contributed by atoms with Crippen molar-refractivity contribution >= 4 is 17.7 Å². The fourth-order valence-electron chi connectivity index (χ4n) is 2.70. The molecule has 0 aromatic carbocycles. The highest BCUT2D eigenvalue weighted by Crippen LogP contribution is 2.27. The smallest absolute Gasteiger partial charge is 0.233 e. The Kier molecular flexibility index (Phi) is 6.27. The Labute approximate surface area is 147 Å². The summed E-state index contributed by atoms with van der Waals surface area (Å²) in [4.78, 5) is 37.3. The molecule has 8 nitrogen and oxygen atoms in total. The largest absolute Gasteiger partial charge is 0.356 e. The molecule has 0 bridgehead atoms. The van der Waals surface area contributed by atoms with E-state index in [4.69, 9.17) is 0 Å². The van der Waals surface area contributed by atoms with Gasteiger partial charge in [-0.3, -0.25) is 24.0 Å². The van der Waals surface area contributed by atoms with Crippen LogP contribution in [-0.4, -0.2) is 44.2 Å². The molecule has 1 atom stereocenters. The molecule has 0 aliphatic carbocycles. The summed E-state index contributed by atoms with van der Waals surface area (Å²) in [6.45, 7) is 9.16. The van der Waals surface area contributed by atoms with E-state index in [9.17, 15) is 14.4 Å². The molecule has 138 valence electrons. The van der Waals surface area contributed by atoms with E-state index in [1.807, 2.05) is 27.7 Å². The Morgan fingerprint density at radius 2 is 2.04 bits per heavy atom. The van der Waals surface area contributed by atoms with Crippen LogP contribution in [0.15, 0.2) is 6.20 Å². The maximum atomic E-state index is 12.3. The van der Waals surface area contributed by atoms with E-state index in [0.29, 0.717) is 31.1 Å². The van der Waals surface area contributed by atoms with Crippen LogP contribution in [0.2, 0.25) is 0 Å². The van der Waals surface area contributed by atoms with Crippen LogP contribution in [0.3, 0.4) is 0 Å². The summed E-state index contributed by atoms with van der Waals surface area (Å²) in [5.74, 6) is -0.0230. The van der Waals surface area contributed by atoms with Gasteiger partial charge in [-0.25, -0.2) is 0 Å². The lowest BCUT2D eigenvalue weighted by Crippen LogP contribution is -2.31. The molecular formula is C17H27N5O3. The number of aryl methyl sites for hydroxylation is 1. The van der Waals surface area contributed by atoms with Crippen LogP contribution < -0.4 is 5.32 Å². The molecule has 0 spiro atoms. The molecule has 8 heteroatoms. The average Bonchev–Trinajstić information content (AvgIpc) is 3.10. The van der Waals surface area contributed by atoms with Gasteiger partial charge in [-0.1, -0.05) is 32.9 Å². The maximum Gasteiger partial charge on any atom is 0.233 e. The lowest BCUT2D eigenvalue weighted by atomic mass is 9.94. The Hall–Kier alpha value is -2.25. The van der Waals surface area contributed by atoms with E-state index in [-0.39, 0.29) is 42.5 Å². The van der Waals surface area contributed by atoms with E-state index in [2.05, 4.69) is 15.6 Å². The van der Waals surface area contributed by atoms with Crippen molar-refractivity contribution in [2.75, 3.05) is 6.54 Å². The third kappa shape index (κ3) is 5.11. The minimum absolute atomic E-state index is 0.0320. The Bertz CT molecular complexity index is 638. The number of carbonyl (C=O) groups excluding carboxylic acids is 3. The predicted octanol–water partition coefficient (Wildman–Crippen LogP) is 0.972. The zero-order chi connectivity index (χ0) is 18.6. The SMILES string of the molecule is CC(C)CNC(=O)CCn1cc(CN2C(=O)CC(C(C)C)C2=O)nn1. The Morgan fingerprint density at radius 3 is 2.64 bits per heavy atom. The minimum Gasteiger partial charge on any atom is -0.356 e. The molecule has 1 saturated heterocycles. The lowest BCUT2D eigenvalue weighted by molar-refractivity contribution is -0.140. The highest BCUT2D eigenvalue weighted by Gasteiger charge is 2.40. The summed E-state index contributed by atoms with van der Waals surface area (Å²) in [5, 5.41) is 10.8. The molecule has 0 saturated carbocycles. The maximum absolute atomic E-state index is 12.3. The van der Waals surface area contributed by atoms with Gasteiger partial charge < -0.3 is 5.32 Å². The highest BCUT2D eigenvalue weighted by molar-refractivity contribution is 6.03. The van der Waals surface area contributed by atoms with Crippen molar-refractivity contribution in [3.63, 3.8) is 0 Å². The Morgan fingerprint density at radius 1 is 1.32 bits per heavy atom. The van der Waals surface area contributed by atoms with Gasteiger partial charge in [0.2, 0.25) is 17.7 Å². The number of carbonyl (C=O) groups is 3. The first-order valence-electron chi connectivity index (χ1n) is 8.77. The molecule has 3 amide bonds. The van der Waals surface area contributed by atoms with Crippen LogP contribution in [0.5, 0.6) is 0 Å². The third-order valence-corrected chi connectivity index (χ3v) is 4.27. The quantitative estimate of drug-likeness (QED) is 0.705. The van der Waals surface area contributed by atoms with Gasteiger partial charge >= 0.3 is 0 Å². The summed E-state index contributed by atoms with van der Waals surface area (Å²) in [7, 11) is 0. The summed E-state index contributed by atoms with van der Waals surface area (Å²) in [5.41, 5.74) is 0.550. The van der Waals surface area contributed by atoms with Crippen molar-refractivity contribution in [2.24, 2.45) is 17.8 Å².